The Morgan fingerprint density at radius 3 is 2.91 bits per heavy atom. The number of ether oxygens (including phenoxy) is 2. The lowest BCUT2D eigenvalue weighted by Gasteiger charge is -2.06. The van der Waals surface area contributed by atoms with E-state index in [1.165, 1.54) is 0 Å². The summed E-state index contributed by atoms with van der Waals surface area (Å²) in [5, 5.41) is 8.33. The minimum Gasteiger partial charge on any atom is -0.487 e. The number of nitrogens with zero attached hydrogens (tertiary/aromatic N) is 3. The molecule has 0 saturated carbocycles. The van der Waals surface area contributed by atoms with E-state index in [1.54, 1.807) is 50.0 Å². The number of aromatic nitrogens is 3. The first-order valence-corrected chi connectivity index (χ1v) is 7.26. The monoisotopic (exact) mass is 315 g/mol. The van der Waals surface area contributed by atoms with Crippen molar-refractivity contribution in [3.63, 3.8) is 0 Å². The first-order chi connectivity index (χ1) is 11.1. The Morgan fingerprint density at radius 1 is 1.39 bits per heavy atom. The smallest absolute Gasteiger partial charge is 0.342 e. The van der Waals surface area contributed by atoms with Gasteiger partial charge in [-0.15, -0.1) is 5.10 Å². The second-order valence-corrected chi connectivity index (χ2v) is 5.05. The van der Waals surface area contributed by atoms with Gasteiger partial charge in [-0.3, -0.25) is 0 Å². The number of furan rings is 1. The van der Waals surface area contributed by atoms with Crippen molar-refractivity contribution >= 4 is 16.9 Å². The second kappa shape index (κ2) is 6.12. The molecule has 0 aliphatic heterocycles. The Hall–Kier alpha value is -2.83. The van der Waals surface area contributed by atoms with Crippen LogP contribution in [0.4, 0.5) is 0 Å². The molecule has 3 aromatic rings. The average Bonchev–Trinajstić information content (AvgIpc) is 3.07. The molecule has 0 N–H and O–H groups in total. The fourth-order valence-corrected chi connectivity index (χ4v) is 2.34. The van der Waals surface area contributed by atoms with Crippen molar-refractivity contribution in [2.45, 2.75) is 20.5 Å². The summed E-state index contributed by atoms with van der Waals surface area (Å²) in [5.41, 5.74) is 1.91. The van der Waals surface area contributed by atoms with Crippen LogP contribution in [0.25, 0.3) is 11.0 Å². The molecule has 3 rings (SSSR count). The van der Waals surface area contributed by atoms with Crippen molar-refractivity contribution in [2.75, 3.05) is 6.61 Å². The van der Waals surface area contributed by atoms with E-state index in [2.05, 4.69) is 10.3 Å². The molecule has 0 fully saturated rings. The van der Waals surface area contributed by atoms with Crippen LogP contribution in [0.15, 0.2) is 28.8 Å². The molecule has 7 heteroatoms. The lowest BCUT2D eigenvalue weighted by atomic mass is 10.1. The molecule has 0 saturated heterocycles. The van der Waals surface area contributed by atoms with Crippen LogP contribution in [0.2, 0.25) is 0 Å². The van der Waals surface area contributed by atoms with Crippen molar-refractivity contribution < 1.29 is 18.7 Å². The first kappa shape index (κ1) is 15.1. The maximum Gasteiger partial charge on any atom is 0.342 e. The molecule has 0 spiro atoms. The number of hydrogen-bond donors (Lipinski definition) is 0. The molecule has 7 nitrogen and oxygen atoms in total. The number of rotatable bonds is 5. The zero-order valence-electron chi connectivity index (χ0n) is 13.2. The quantitative estimate of drug-likeness (QED) is 0.673. The largest absolute Gasteiger partial charge is 0.487 e. The van der Waals surface area contributed by atoms with Crippen molar-refractivity contribution in [1.29, 1.82) is 0 Å². The van der Waals surface area contributed by atoms with Gasteiger partial charge in [-0.05, 0) is 32.0 Å². The Balaban J connectivity index is 1.89. The van der Waals surface area contributed by atoms with E-state index in [4.69, 9.17) is 13.9 Å². The van der Waals surface area contributed by atoms with Gasteiger partial charge in [-0.25, -0.2) is 9.48 Å². The fourth-order valence-electron chi connectivity index (χ4n) is 2.34. The highest BCUT2D eigenvalue weighted by Crippen LogP contribution is 2.30. The minimum atomic E-state index is -0.392. The Bertz CT molecular complexity index is 850. The van der Waals surface area contributed by atoms with Crippen molar-refractivity contribution in [3.8, 4) is 5.75 Å². The van der Waals surface area contributed by atoms with E-state index < -0.39 is 5.97 Å². The third-order valence-corrected chi connectivity index (χ3v) is 3.51. The lowest BCUT2D eigenvalue weighted by molar-refractivity contribution is 0.0526. The molecule has 0 radical (unpaired) electrons. The summed E-state index contributed by atoms with van der Waals surface area (Å²) in [6.45, 7) is 4.16. The molecule has 0 bridgehead atoms. The molecule has 0 amide bonds. The number of fused-ring (bicyclic) bond motifs is 1. The predicted octanol–water partition coefficient (Wildman–Crippen LogP) is 2.63. The van der Waals surface area contributed by atoms with Crippen LogP contribution in [0.1, 0.15) is 28.7 Å². The molecule has 0 aliphatic rings. The molecule has 23 heavy (non-hydrogen) atoms. The van der Waals surface area contributed by atoms with Crippen LogP contribution < -0.4 is 4.74 Å². The van der Waals surface area contributed by atoms with Gasteiger partial charge in [0, 0.05) is 12.4 Å². The molecular weight excluding hydrogens is 298 g/mol. The number of carbonyl (C=O) groups is 1. The van der Waals surface area contributed by atoms with Gasteiger partial charge >= 0.3 is 5.97 Å². The summed E-state index contributed by atoms with van der Waals surface area (Å²) >= 11 is 0. The minimum absolute atomic E-state index is 0.314. The summed E-state index contributed by atoms with van der Waals surface area (Å²) < 4.78 is 18.1. The van der Waals surface area contributed by atoms with E-state index in [9.17, 15) is 4.79 Å². The average molecular weight is 315 g/mol. The zero-order chi connectivity index (χ0) is 16.4. The van der Waals surface area contributed by atoms with Crippen LogP contribution in [-0.4, -0.2) is 27.6 Å². The number of esters is 1. The standard InChI is InChI=1S/C16H17N3O4/c1-4-21-16(20)15-10(2)23-14-6-5-12(7-13(14)15)22-9-11-8-17-18-19(11)3/h5-8H,4,9H2,1-3H3. The molecule has 120 valence electrons. The van der Waals surface area contributed by atoms with E-state index in [1.807, 2.05) is 0 Å². The van der Waals surface area contributed by atoms with Gasteiger partial charge in [0.05, 0.1) is 18.5 Å². The third-order valence-electron chi connectivity index (χ3n) is 3.51. The predicted molar refractivity (Wildman–Crippen MR) is 82.2 cm³/mol. The van der Waals surface area contributed by atoms with E-state index in [0.29, 0.717) is 41.3 Å². The van der Waals surface area contributed by atoms with Gasteiger partial charge in [0.1, 0.15) is 29.3 Å². The molecule has 2 heterocycles. The highest BCUT2D eigenvalue weighted by atomic mass is 16.5. The van der Waals surface area contributed by atoms with Gasteiger partial charge in [-0.1, -0.05) is 5.21 Å². The Kier molecular flexibility index (Phi) is 4.01. The zero-order valence-corrected chi connectivity index (χ0v) is 13.2. The van der Waals surface area contributed by atoms with Crippen LogP contribution in [0, 0.1) is 6.92 Å². The summed E-state index contributed by atoms with van der Waals surface area (Å²) in [5.74, 6) is 0.771. The molecule has 1 aromatic carbocycles. The molecular formula is C16H17N3O4. The summed E-state index contributed by atoms with van der Waals surface area (Å²) in [7, 11) is 1.80. The van der Waals surface area contributed by atoms with Gasteiger partial charge in [0.25, 0.3) is 0 Å². The number of carbonyl (C=O) groups excluding carboxylic acids is 1. The molecule has 2 aromatic heterocycles. The van der Waals surface area contributed by atoms with Gasteiger partial charge < -0.3 is 13.9 Å². The molecule has 0 aliphatic carbocycles. The van der Waals surface area contributed by atoms with Gasteiger partial charge in [0.15, 0.2) is 0 Å². The highest BCUT2D eigenvalue weighted by molar-refractivity contribution is 6.04. The maximum atomic E-state index is 12.1. The van der Waals surface area contributed by atoms with E-state index >= 15 is 0 Å². The van der Waals surface area contributed by atoms with Crippen LogP contribution in [0.5, 0.6) is 5.75 Å². The van der Waals surface area contributed by atoms with Crippen molar-refractivity contribution in [1.82, 2.24) is 15.0 Å². The summed E-state index contributed by atoms with van der Waals surface area (Å²) in [6, 6.07) is 5.35. The van der Waals surface area contributed by atoms with Crippen LogP contribution >= 0.6 is 0 Å². The number of aryl methyl sites for hydroxylation is 2. The first-order valence-electron chi connectivity index (χ1n) is 7.26. The summed E-state index contributed by atoms with van der Waals surface area (Å²) in [4.78, 5) is 12.1. The van der Waals surface area contributed by atoms with Crippen LogP contribution in [0.3, 0.4) is 0 Å². The second-order valence-electron chi connectivity index (χ2n) is 5.05. The highest BCUT2D eigenvalue weighted by Gasteiger charge is 2.19. The third kappa shape index (κ3) is 2.90. The van der Waals surface area contributed by atoms with Crippen molar-refractivity contribution in [2.24, 2.45) is 7.05 Å². The van der Waals surface area contributed by atoms with Crippen LogP contribution in [-0.2, 0) is 18.4 Å². The van der Waals surface area contributed by atoms with Gasteiger partial charge in [0.2, 0.25) is 0 Å². The molecule has 0 unspecified atom stereocenters. The molecule has 0 atom stereocenters. The topological polar surface area (TPSA) is 79.4 Å². The van der Waals surface area contributed by atoms with Crippen molar-refractivity contribution in [3.05, 3.63) is 41.4 Å². The normalized spacial score (nSPS) is 10.9. The number of benzene rings is 1. The van der Waals surface area contributed by atoms with E-state index in [-0.39, 0.29) is 0 Å². The van der Waals surface area contributed by atoms with E-state index in [0.717, 1.165) is 5.69 Å². The fraction of sp³-hybridized carbons (Fsp3) is 0.312. The Labute approximate surface area is 132 Å². The summed E-state index contributed by atoms with van der Waals surface area (Å²) in [6.07, 6.45) is 1.64. The number of hydrogen-bond acceptors (Lipinski definition) is 6. The lowest BCUT2D eigenvalue weighted by Crippen LogP contribution is -2.05. The maximum absolute atomic E-state index is 12.1. The Morgan fingerprint density at radius 2 is 2.22 bits per heavy atom. The SMILES string of the molecule is CCOC(=O)c1c(C)oc2ccc(OCc3cnnn3C)cc12. The van der Waals surface area contributed by atoms with Gasteiger partial charge in [-0.2, -0.15) is 0 Å².